The molecule has 112 valence electrons. The van der Waals surface area contributed by atoms with Gasteiger partial charge in [0.2, 0.25) is 0 Å². The first-order valence-electron chi connectivity index (χ1n) is 6.80. The minimum Gasteiger partial charge on any atom is -0.496 e. The molecule has 0 saturated carbocycles. The van der Waals surface area contributed by atoms with Crippen molar-refractivity contribution in [3.05, 3.63) is 63.9 Å². The third kappa shape index (κ3) is 4.55. The van der Waals surface area contributed by atoms with Crippen molar-refractivity contribution in [2.45, 2.75) is 12.8 Å². The van der Waals surface area contributed by atoms with E-state index in [4.69, 9.17) is 4.74 Å². The largest absolute Gasteiger partial charge is 0.496 e. The maximum atomic E-state index is 13.2. The Bertz CT molecular complexity index is 601. The molecule has 1 N–H and O–H groups in total. The van der Waals surface area contributed by atoms with Crippen LogP contribution in [0.15, 0.2) is 46.9 Å². The predicted molar refractivity (Wildman–Crippen MR) is 85.1 cm³/mol. The van der Waals surface area contributed by atoms with E-state index < -0.39 is 0 Å². The van der Waals surface area contributed by atoms with Crippen molar-refractivity contribution in [2.75, 3.05) is 13.7 Å². The molecule has 2 nitrogen and oxygen atoms in total. The molecule has 0 aliphatic carbocycles. The van der Waals surface area contributed by atoms with Crippen molar-refractivity contribution in [2.24, 2.45) is 5.92 Å². The van der Waals surface area contributed by atoms with Crippen LogP contribution in [0.25, 0.3) is 0 Å². The molecule has 0 bridgehead atoms. The molecule has 2 aromatic rings. The quantitative estimate of drug-likeness (QED) is 0.851. The Morgan fingerprint density at radius 3 is 2.43 bits per heavy atom. The lowest BCUT2D eigenvalue weighted by Gasteiger charge is -2.15. The summed E-state index contributed by atoms with van der Waals surface area (Å²) >= 11 is 3.46. The minimum absolute atomic E-state index is 0.0621. The van der Waals surface area contributed by atoms with Crippen LogP contribution in [0.2, 0.25) is 0 Å². The van der Waals surface area contributed by atoms with Gasteiger partial charge < -0.3 is 9.84 Å². The van der Waals surface area contributed by atoms with Crippen LogP contribution < -0.4 is 4.74 Å². The lowest BCUT2D eigenvalue weighted by Crippen LogP contribution is -2.13. The number of hydrogen-bond acceptors (Lipinski definition) is 2. The molecule has 2 aromatic carbocycles. The zero-order valence-corrected chi connectivity index (χ0v) is 13.4. The number of aliphatic hydroxyl groups is 1. The average molecular weight is 353 g/mol. The SMILES string of the molecule is COc1ccc(CC(CO)Cc2cccc(F)c2)cc1Br. The molecule has 0 amide bonds. The highest BCUT2D eigenvalue weighted by Crippen LogP contribution is 2.27. The fourth-order valence-electron chi connectivity index (χ4n) is 2.37. The Morgan fingerprint density at radius 1 is 1.14 bits per heavy atom. The Hall–Kier alpha value is -1.39. The topological polar surface area (TPSA) is 29.5 Å². The van der Waals surface area contributed by atoms with Gasteiger partial charge in [0.05, 0.1) is 11.6 Å². The summed E-state index contributed by atoms with van der Waals surface area (Å²) in [5.41, 5.74) is 2.01. The third-order valence-corrected chi connectivity index (χ3v) is 4.03. The summed E-state index contributed by atoms with van der Waals surface area (Å²) in [4.78, 5) is 0. The molecule has 0 fully saturated rings. The highest BCUT2D eigenvalue weighted by Gasteiger charge is 2.11. The highest BCUT2D eigenvalue weighted by molar-refractivity contribution is 9.10. The number of methoxy groups -OCH3 is 1. The highest BCUT2D eigenvalue weighted by atomic mass is 79.9. The van der Waals surface area contributed by atoms with Gasteiger partial charge in [-0.1, -0.05) is 18.2 Å². The van der Waals surface area contributed by atoms with Gasteiger partial charge in [-0.15, -0.1) is 0 Å². The summed E-state index contributed by atoms with van der Waals surface area (Å²) in [7, 11) is 1.63. The average Bonchev–Trinajstić information content (AvgIpc) is 2.47. The zero-order valence-electron chi connectivity index (χ0n) is 11.9. The van der Waals surface area contributed by atoms with E-state index in [-0.39, 0.29) is 18.3 Å². The number of benzene rings is 2. The van der Waals surface area contributed by atoms with Gasteiger partial charge >= 0.3 is 0 Å². The van der Waals surface area contributed by atoms with Crippen molar-refractivity contribution in [3.8, 4) is 5.75 Å². The number of aliphatic hydroxyl groups excluding tert-OH is 1. The third-order valence-electron chi connectivity index (χ3n) is 3.41. The van der Waals surface area contributed by atoms with Crippen molar-refractivity contribution in [3.63, 3.8) is 0 Å². The van der Waals surface area contributed by atoms with Gasteiger partial charge in [-0.3, -0.25) is 0 Å². The van der Waals surface area contributed by atoms with Crippen molar-refractivity contribution >= 4 is 15.9 Å². The Balaban J connectivity index is 2.07. The normalized spacial score (nSPS) is 12.2. The Morgan fingerprint density at radius 2 is 1.86 bits per heavy atom. The number of hydrogen-bond donors (Lipinski definition) is 1. The maximum absolute atomic E-state index is 13.2. The van der Waals surface area contributed by atoms with E-state index in [0.717, 1.165) is 27.8 Å². The second-order valence-electron chi connectivity index (χ2n) is 5.06. The summed E-state index contributed by atoms with van der Waals surface area (Å²) in [5, 5.41) is 9.56. The van der Waals surface area contributed by atoms with Gasteiger partial charge in [0, 0.05) is 6.61 Å². The van der Waals surface area contributed by atoms with E-state index in [1.165, 1.54) is 12.1 Å². The van der Waals surface area contributed by atoms with Crippen molar-refractivity contribution in [1.29, 1.82) is 0 Å². The molecular weight excluding hydrogens is 335 g/mol. The maximum Gasteiger partial charge on any atom is 0.133 e. The standard InChI is InChI=1S/C17H18BrFO2/c1-21-17-6-5-13(10-16(17)18)8-14(11-20)7-12-3-2-4-15(19)9-12/h2-6,9-10,14,20H,7-8,11H2,1H3. The second kappa shape index (κ2) is 7.57. The van der Waals surface area contributed by atoms with Crippen LogP contribution in [0.1, 0.15) is 11.1 Å². The summed E-state index contributed by atoms with van der Waals surface area (Å²) < 4.78 is 19.3. The smallest absolute Gasteiger partial charge is 0.133 e. The van der Waals surface area contributed by atoms with E-state index in [1.807, 2.05) is 24.3 Å². The van der Waals surface area contributed by atoms with Crippen LogP contribution in [0.5, 0.6) is 5.75 Å². The predicted octanol–water partition coefficient (Wildman–Crippen LogP) is 3.99. The molecule has 1 unspecified atom stereocenters. The van der Waals surface area contributed by atoms with Gasteiger partial charge in [0.15, 0.2) is 0 Å². The van der Waals surface area contributed by atoms with E-state index in [2.05, 4.69) is 15.9 Å². The Labute approximate surface area is 132 Å². The van der Waals surface area contributed by atoms with E-state index in [1.54, 1.807) is 13.2 Å². The molecule has 0 spiro atoms. The van der Waals surface area contributed by atoms with Gasteiger partial charge in [-0.05, 0) is 70.1 Å². The number of rotatable bonds is 6. The molecule has 0 saturated heterocycles. The molecule has 21 heavy (non-hydrogen) atoms. The van der Waals surface area contributed by atoms with E-state index in [9.17, 15) is 9.50 Å². The van der Waals surface area contributed by atoms with Gasteiger partial charge in [-0.25, -0.2) is 4.39 Å². The molecule has 4 heteroatoms. The van der Waals surface area contributed by atoms with E-state index >= 15 is 0 Å². The Kier molecular flexibility index (Phi) is 5.76. The van der Waals surface area contributed by atoms with Crippen molar-refractivity contribution in [1.82, 2.24) is 0 Å². The van der Waals surface area contributed by atoms with Crippen LogP contribution in [0.3, 0.4) is 0 Å². The first kappa shape index (κ1) is 16.0. The van der Waals surface area contributed by atoms with Gasteiger partial charge in [0.25, 0.3) is 0 Å². The molecule has 0 aliphatic heterocycles. The van der Waals surface area contributed by atoms with Gasteiger partial charge in [-0.2, -0.15) is 0 Å². The fourth-order valence-corrected chi connectivity index (χ4v) is 2.96. The molecule has 0 radical (unpaired) electrons. The van der Waals surface area contributed by atoms with Crippen LogP contribution in [-0.2, 0) is 12.8 Å². The van der Waals surface area contributed by atoms with Crippen LogP contribution in [0, 0.1) is 11.7 Å². The van der Waals surface area contributed by atoms with Crippen LogP contribution in [-0.4, -0.2) is 18.8 Å². The number of ether oxygens (including phenoxy) is 1. The second-order valence-corrected chi connectivity index (χ2v) is 5.91. The molecule has 0 aromatic heterocycles. The lowest BCUT2D eigenvalue weighted by molar-refractivity contribution is 0.225. The van der Waals surface area contributed by atoms with Crippen LogP contribution >= 0.6 is 15.9 Å². The summed E-state index contributed by atoms with van der Waals surface area (Å²) in [6.07, 6.45) is 1.38. The monoisotopic (exact) mass is 352 g/mol. The van der Waals surface area contributed by atoms with Crippen LogP contribution in [0.4, 0.5) is 4.39 Å². The molecule has 2 rings (SSSR count). The molecular formula is C17H18BrFO2. The molecule has 0 heterocycles. The van der Waals surface area contributed by atoms with Crippen molar-refractivity contribution < 1.29 is 14.2 Å². The minimum atomic E-state index is -0.239. The first-order valence-corrected chi connectivity index (χ1v) is 7.59. The zero-order chi connectivity index (χ0) is 15.2. The first-order chi connectivity index (χ1) is 10.1. The molecule has 1 atom stereocenters. The number of halogens is 2. The van der Waals surface area contributed by atoms with E-state index in [0.29, 0.717) is 6.42 Å². The summed E-state index contributed by atoms with van der Waals surface area (Å²) in [6.45, 7) is 0.0696. The lowest BCUT2D eigenvalue weighted by atomic mass is 9.93. The summed E-state index contributed by atoms with van der Waals surface area (Å²) in [5.74, 6) is 0.605. The molecule has 0 aliphatic rings. The van der Waals surface area contributed by atoms with Gasteiger partial charge in [0.1, 0.15) is 11.6 Å². The summed E-state index contributed by atoms with van der Waals surface area (Å²) in [6, 6.07) is 12.4. The fraction of sp³-hybridized carbons (Fsp3) is 0.294.